The van der Waals surface area contributed by atoms with Crippen LogP contribution in [0.15, 0.2) is 0 Å². The van der Waals surface area contributed by atoms with Crippen LogP contribution in [-0.2, 0) is 9.53 Å². The third kappa shape index (κ3) is 2.67. The zero-order chi connectivity index (χ0) is 9.94. The van der Waals surface area contributed by atoms with Crippen LogP contribution in [0.3, 0.4) is 0 Å². The first kappa shape index (κ1) is 11.2. The summed E-state index contributed by atoms with van der Waals surface area (Å²) in [6.07, 6.45) is -4.86. The van der Waals surface area contributed by atoms with E-state index >= 15 is 0 Å². The van der Waals surface area contributed by atoms with Gasteiger partial charge in [-0.3, -0.25) is 0 Å². The Balaban J connectivity index is 4.26. The number of ether oxygens (including phenoxy) is 1. The van der Waals surface area contributed by atoms with E-state index < -0.39 is 24.4 Å². The van der Waals surface area contributed by atoms with E-state index in [4.69, 9.17) is 0 Å². The first-order valence-electron chi connectivity index (χ1n) is 3.15. The minimum atomic E-state index is -4.70. The lowest BCUT2D eigenvalue weighted by molar-refractivity contribution is -0.197. The summed E-state index contributed by atoms with van der Waals surface area (Å²) in [5, 5.41) is 0. The van der Waals surface area contributed by atoms with Crippen LogP contribution in [0.2, 0.25) is 0 Å². The molecule has 72 valence electrons. The molecule has 12 heavy (non-hydrogen) atoms. The molecule has 0 aromatic rings. The fourth-order valence-corrected chi connectivity index (χ4v) is 0.382. The van der Waals surface area contributed by atoms with E-state index in [0.717, 1.165) is 0 Å². The van der Waals surface area contributed by atoms with Gasteiger partial charge in [-0.15, -0.1) is 0 Å². The molecule has 0 unspecified atom stereocenters. The number of carbonyl (C=O) groups excluding carboxylic acids is 1. The number of hydrogen-bond donors (Lipinski definition) is 0. The van der Waals surface area contributed by atoms with Gasteiger partial charge in [0.15, 0.2) is 0 Å². The topological polar surface area (TPSA) is 26.3 Å². The number of esters is 1. The number of carbonyl (C=O) groups is 1. The molecule has 0 fully saturated rings. The Bertz CT molecular complexity index is 167. The lowest BCUT2D eigenvalue weighted by Gasteiger charge is -2.15. The van der Waals surface area contributed by atoms with Crippen LogP contribution >= 0.6 is 0 Å². The zero-order valence-electron chi connectivity index (χ0n) is 6.48. The van der Waals surface area contributed by atoms with Gasteiger partial charge in [-0.05, 0) is 13.8 Å². The average Bonchev–Trinajstić information content (AvgIpc) is 1.85. The minimum absolute atomic E-state index is 0.831. The first-order valence-corrected chi connectivity index (χ1v) is 3.15. The highest BCUT2D eigenvalue weighted by atomic mass is 19.3. The summed E-state index contributed by atoms with van der Waals surface area (Å²) < 4.78 is 51.0. The molecule has 0 bridgehead atoms. The highest BCUT2D eigenvalue weighted by Crippen LogP contribution is 2.24. The second-order valence-electron chi connectivity index (χ2n) is 2.38. The molecular formula is C6H8F4O2. The largest absolute Gasteiger partial charge is 0.458 e. The normalized spacial score (nSPS) is 12.3. The van der Waals surface area contributed by atoms with Crippen molar-refractivity contribution in [2.24, 2.45) is 0 Å². The van der Waals surface area contributed by atoms with Crippen LogP contribution < -0.4 is 0 Å². The van der Waals surface area contributed by atoms with Gasteiger partial charge in [0.25, 0.3) is 0 Å². The molecule has 0 heterocycles. The van der Waals surface area contributed by atoms with E-state index in [9.17, 15) is 22.4 Å². The Morgan fingerprint density at radius 1 is 1.33 bits per heavy atom. The molecule has 0 saturated heterocycles. The monoisotopic (exact) mass is 188 g/mol. The van der Waals surface area contributed by atoms with Gasteiger partial charge in [-0.1, -0.05) is 0 Å². The Labute approximate surface area is 66.5 Å². The van der Waals surface area contributed by atoms with E-state index in [0.29, 0.717) is 0 Å². The van der Waals surface area contributed by atoms with Crippen molar-refractivity contribution in [3.05, 3.63) is 0 Å². The summed E-state index contributed by atoms with van der Waals surface area (Å²) in [6.45, 7) is 2.58. The molecule has 0 rings (SSSR count). The summed E-state index contributed by atoms with van der Waals surface area (Å²) in [5.74, 6) is -6.89. The molecule has 2 nitrogen and oxygen atoms in total. The third-order valence-electron chi connectivity index (χ3n) is 0.889. The summed E-state index contributed by atoms with van der Waals surface area (Å²) in [7, 11) is 0. The molecule has 6 heteroatoms. The van der Waals surface area contributed by atoms with E-state index in [1.54, 1.807) is 0 Å². The maximum atomic E-state index is 12.1. The van der Waals surface area contributed by atoms with E-state index in [1.807, 2.05) is 0 Å². The number of rotatable bonds is 3. The number of halogens is 4. The van der Waals surface area contributed by atoms with E-state index in [2.05, 4.69) is 4.74 Å². The predicted octanol–water partition coefficient (Wildman–Crippen LogP) is 1.84. The molecule has 0 saturated carbocycles. The first-order chi connectivity index (χ1) is 5.28. The van der Waals surface area contributed by atoms with Gasteiger partial charge in [0.2, 0.25) is 0 Å². The van der Waals surface area contributed by atoms with E-state index in [1.165, 1.54) is 13.8 Å². The maximum Gasteiger partial charge on any atom is 0.401 e. The highest BCUT2D eigenvalue weighted by Gasteiger charge is 2.50. The number of alkyl halides is 4. The summed E-state index contributed by atoms with van der Waals surface area (Å²) in [6, 6.07) is 0. The lowest BCUT2D eigenvalue weighted by Crippen LogP contribution is -2.39. The van der Waals surface area contributed by atoms with Crippen molar-refractivity contribution in [3.8, 4) is 0 Å². The highest BCUT2D eigenvalue weighted by molar-refractivity contribution is 5.78. The maximum absolute atomic E-state index is 12.1. The molecule has 0 aromatic heterocycles. The van der Waals surface area contributed by atoms with Gasteiger partial charge in [0.05, 0.1) is 6.10 Å². The van der Waals surface area contributed by atoms with Gasteiger partial charge in [0.1, 0.15) is 0 Å². The summed E-state index contributed by atoms with van der Waals surface area (Å²) in [5.41, 5.74) is 0. The Kier molecular flexibility index (Phi) is 3.48. The van der Waals surface area contributed by atoms with Crippen LogP contribution in [0.25, 0.3) is 0 Å². The Morgan fingerprint density at radius 3 is 2.00 bits per heavy atom. The fourth-order valence-electron chi connectivity index (χ4n) is 0.382. The summed E-state index contributed by atoms with van der Waals surface area (Å²) >= 11 is 0. The van der Waals surface area contributed by atoms with Gasteiger partial charge in [-0.25, -0.2) is 13.6 Å². The zero-order valence-corrected chi connectivity index (χ0v) is 6.48. The second kappa shape index (κ2) is 3.73. The van der Waals surface area contributed by atoms with Crippen molar-refractivity contribution in [2.75, 3.05) is 0 Å². The Morgan fingerprint density at radius 2 is 1.75 bits per heavy atom. The van der Waals surface area contributed by atoms with Gasteiger partial charge < -0.3 is 4.74 Å². The molecule has 0 radical (unpaired) electrons. The van der Waals surface area contributed by atoms with Crippen molar-refractivity contribution in [3.63, 3.8) is 0 Å². The van der Waals surface area contributed by atoms with Crippen LogP contribution in [0, 0.1) is 0 Å². The van der Waals surface area contributed by atoms with Crippen LogP contribution in [-0.4, -0.2) is 24.4 Å². The molecule has 0 aliphatic rings. The van der Waals surface area contributed by atoms with Gasteiger partial charge in [0, 0.05) is 0 Å². The molecular weight excluding hydrogens is 180 g/mol. The molecule has 0 aromatic carbocycles. The van der Waals surface area contributed by atoms with Crippen molar-refractivity contribution >= 4 is 5.97 Å². The molecule has 0 atom stereocenters. The SMILES string of the molecule is CC(C)OC(=O)C(F)(F)C(F)F. The smallest absolute Gasteiger partial charge is 0.401 e. The molecule has 0 spiro atoms. The molecule has 0 N–H and O–H groups in total. The van der Waals surface area contributed by atoms with Crippen molar-refractivity contribution in [1.29, 1.82) is 0 Å². The van der Waals surface area contributed by atoms with Crippen LogP contribution in [0.4, 0.5) is 17.6 Å². The van der Waals surface area contributed by atoms with Crippen LogP contribution in [0.5, 0.6) is 0 Å². The summed E-state index contributed by atoms with van der Waals surface area (Å²) in [4.78, 5) is 10.3. The molecule has 0 aliphatic heterocycles. The average molecular weight is 188 g/mol. The minimum Gasteiger partial charge on any atom is -0.458 e. The van der Waals surface area contributed by atoms with Crippen molar-refractivity contribution < 1.29 is 27.1 Å². The second-order valence-corrected chi connectivity index (χ2v) is 2.38. The fraction of sp³-hybridized carbons (Fsp3) is 0.833. The Hall–Kier alpha value is -0.810. The van der Waals surface area contributed by atoms with Crippen molar-refractivity contribution in [1.82, 2.24) is 0 Å². The lowest BCUT2D eigenvalue weighted by atomic mass is 10.3. The molecule has 0 aliphatic carbocycles. The van der Waals surface area contributed by atoms with Gasteiger partial charge >= 0.3 is 18.3 Å². The molecule has 0 amide bonds. The van der Waals surface area contributed by atoms with Crippen molar-refractivity contribution in [2.45, 2.75) is 32.3 Å². The quantitative estimate of drug-likeness (QED) is 0.499. The predicted molar refractivity (Wildman–Crippen MR) is 32.2 cm³/mol. The third-order valence-corrected chi connectivity index (χ3v) is 0.889. The van der Waals surface area contributed by atoms with E-state index in [-0.39, 0.29) is 0 Å². The standard InChI is InChI=1S/C6H8F4O2/c1-3(2)12-5(11)6(9,10)4(7)8/h3-4H,1-2H3. The number of hydrogen-bond acceptors (Lipinski definition) is 2. The van der Waals surface area contributed by atoms with Crippen LogP contribution in [0.1, 0.15) is 13.8 Å². The van der Waals surface area contributed by atoms with Gasteiger partial charge in [-0.2, -0.15) is 8.78 Å².